The largest absolute Gasteiger partial charge is 0.497 e. The number of carbonyl (C=O) groups is 1. The van der Waals surface area contributed by atoms with Crippen LogP contribution < -0.4 is 19.7 Å². The topological polar surface area (TPSA) is 52.0 Å². The quantitative estimate of drug-likeness (QED) is 0.769. The van der Waals surface area contributed by atoms with E-state index in [1.807, 2.05) is 37.4 Å². The molecule has 134 valence electrons. The van der Waals surface area contributed by atoms with Gasteiger partial charge in [-0.2, -0.15) is 0 Å². The van der Waals surface area contributed by atoms with E-state index in [0.717, 1.165) is 28.6 Å². The molecule has 2 aromatic rings. The first-order valence-corrected chi connectivity index (χ1v) is 8.42. The van der Waals surface area contributed by atoms with Crippen LogP contribution in [0.4, 0.5) is 5.69 Å². The number of ether oxygens (including phenoxy) is 2. The standard InChI is InChI=1S/C20H26N2O3/c1-15-10-16(2)12-19(11-15)25-9-8-22(3)14-20(23)21-17-6-5-7-18(13-17)24-4/h5-7,10-13H,8-9,14H2,1-4H3,(H,21,23)/p+1. The third-order valence-corrected chi connectivity index (χ3v) is 3.81. The molecule has 0 spiro atoms. The number of amides is 1. The Hall–Kier alpha value is -2.53. The van der Waals surface area contributed by atoms with Crippen molar-refractivity contribution >= 4 is 11.6 Å². The van der Waals surface area contributed by atoms with Crippen molar-refractivity contribution in [3.63, 3.8) is 0 Å². The Kier molecular flexibility index (Phi) is 6.83. The molecule has 0 aliphatic carbocycles. The minimum absolute atomic E-state index is 0.0304. The van der Waals surface area contributed by atoms with Crippen LogP contribution in [-0.2, 0) is 4.79 Å². The molecule has 0 saturated carbocycles. The van der Waals surface area contributed by atoms with Crippen LogP contribution in [0.2, 0.25) is 0 Å². The van der Waals surface area contributed by atoms with E-state index >= 15 is 0 Å². The van der Waals surface area contributed by atoms with Gasteiger partial charge < -0.3 is 19.7 Å². The molecule has 5 nitrogen and oxygen atoms in total. The van der Waals surface area contributed by atoms with Gasteiger partial charge in [0.2, 0.25) is 0 Å². The lowest BCUT2D eigenvalue weighted by atomic mass is 10.1. The number of anilines is 1. The van der Waals surface area contributed by atoms with E-state index in [2.05, 4.69) is 25.2 Å². The van der Waals surface area contributed by atoms with Crippen molar-refractivity contribution in [3.05, 3.63) is 53.6 Å². The normalized spacial score (nSPS) is 11.7. The van der Waals surface area contributed by atoms with Crippen LogP contribution in [0.1, 0.15) is 11.1 Å². The van der Waals surface area contributed by atoms with E-state index in [1.54, 1.807) is 13.2 Å². The van der Waals surface area contributed by atoms with E-state index in [0.29, 0.717) is 13.2 Å². The van der Waals surface area contributed by atoms with Gasteiger partial charge in [-0.1, -0.05) is 12.1 Å². The number of rotatable bonds is 8. The second-order valence-electron chi connectivity index (χ2n) is 6.34. The smallest absolute Gasteiger partial charge is 0.279 e. The van der Waals surface area contributed by atoms with E-state index in [1.165, 1.54) is 11.1 Å². The van der Waals surface area contributed by atoms with Crippen molar-refractivity contribution in [2.75, 3.05) is 39.2 Å². The maximum Gasteiger partial charge on any atom is 0.279 e. The van der Waals surface area contributed by atoms with Crippen LogP contribution in [-0.4, -0.2) is 39.8 Å². The fourth-order valence-corrected chi connectivity index (χ4v) is 2.63. The first-order valence-electron chi connectivity index (χ1n) is 8.42. The number of hydrogen-bond acceptors (Lipinski definition) is 3. The van der Waals surface area contributed by atoms with Crippen LogP contribution >= 0.6 is 0 Å². The fourth-order valence-electron chi connectivity index (χ4n) is 2.63. The summed E-state index contributed by atoms with van der Waals surface area (Å²) >= 11 is 0. The summed E-state index contributed by atoms with van der Waals surface area (Å²) in [5.74, 6) is 1.57. The molecule has 2 rings (SSSR count). The molecule has 0 heterocycles. The number of methoxy groups -OCH3 is 1. The van der Waals surface area contributed by atoms with Gasteiger partial charge in [0.05, 0.1) is 14.2 Å². The molecule has 1 atom stereocenters. The number of carbonyl (C=O) groups excluding carboxylic acids is 1. The van der Waals surface area contributed by atoms with Crippen molar-refractivity contribution in [3.8, 4) is 11.5 Å². The minimum atomic E-state index is -0.0304. The molecule has 1 amide bonds. The average molecular weight is 343 g/mol. The Bertz CT molecular complexity index is 696. The molecule has 2 aromatic carbocycles. The molecule has 0 saturated heterocycles. The SMILES string of the molecule is COc1cccc(NC(=O)C[NH+](C)CCOc2cc(C)cc(C)c2)c1. The van der Waals surface area contributed by atoms with Crippen LogP contribution in [0.15, 0.2) is 42.5 Å². The van der Waals surface area contributed by atoms with Crippen LogP contribution in [0.25, 0.3) is 0 Å². The van der Waals surface area contributed by atoms with Gasteiger partial charge in [0.1, 0.15) is 24.7 Å². The first kappa shape index (κ1) is 18.8. The molecule has 0 radical (unpaired) electrons. The highest BCUT2D eigenvalue weighted by molar-refractivity contribution is 5.91. The lowest BCUT2D eigenvalue weighted by Gasteiger charge is -2.15. The lowest BCUT2D eigenvalue weighted by molar-refractivity contribution is -0.871. The molecule has 0 aliphatic rings. The maximum atomic E-state index is 12.1. The fraction of sp³-hybridized carbons (Fsp3) is 0.350. The van der Waals surface area contributed by atoms with Crippen molar-refractivity contribution in [2.24, 2.45) is 0 Å². The molecule has 25 heavy (non-hydrogen) atoms. The summed E-state index contributed by atoms with van der Waals surface area (Å²) in [5, 5.41) is 2.89. The third kappa shape index (κ3) is 6.47. The van der Waals surface area contributed by atoms with E-state index in [4.69, 9.17) is 9.47 Å². The van der Waals surface area contributed by atoms with E-state index < -0.39 is 0 Å². The molecule has 0 aliphatic heterocycles. The second-order valence-corrected chi connectivity index (χ2v) is 6.34. The number of nitrogens with one attached hydrogen (secondary N) is 2. The highest BCUT2D eigenvalue weighted by Gasteiger charge is 2.11. The first-order chi connectivity index (χ1) is 12.0. The summed E-state index contributed by atoms with van der Waals surface area (Å²) in [6.07, 6.45) is 0. The zero-order valence-electron chi connectivity index (χ0n) is 15.4. The molecule has 0 bridgehead atoms. The highest BCUT2D eigenvalue weighted by Crippen LogP contribution is 2.16. The van der Waals surface area contributed by atoms with Crippen LogP contribution in [0, 0.1) is 13.8 Å². The van der Waals surface area contributed by atoms with Crippen LogP contribution in [0.5, 0.6) is 11.5 Å². The van der Waals surface area contributed by atoms with Crippen LogP contribution in [0.3, 0.4) is 0 Å². The number of aryl methyl sites for hydroxylation is 2. The minimum Gasteiger partial charge on any atom is -0.497 e. The Balaban J connectivity index is 1.75. The number of benzene rings is 2. The average Bonchev–Trinajstić information content (AvgIpc) is 2.54. The van der Waals surface area contributed by atoms with E-state index in [-0.39, 0.29) is 5.91 Å². The van der Waals surface area contributed by atoms with Gasteiger partial charge in [-0.05, 0) is 49.2 Å². The zero-order valence-corrected chi connectivity index (χ0v) is 15.4. The predicted octanol–water partition coefficient (Wildman–Crippen LogP) is 1.84. The molecule has 5 heteroatoms. The molecule has 1 unspecified atom stereocenters. The Labute approximate surface area is 149 Å². The lowest BCUT2D eigenvalue weighted by Crippen LogP contribution is -3.10. The number of quaternary nitrogens is 1. The second kappa shape index (κ2) is 9.08. The van der Waals surface area contributed by atoms with Gasteiger partial charge in [-0.3, -0.25) is 4.79 Å². The van der Waals surface area contributed by atoms with Gasteiger partial charge in [0, 0.05) is 11.8 Å². The Morgan fingerprint density at radius 3 is 2.48 bits per heavy atom. The van der Waals surface area contributed by atoms with Crippen molar-refractivity contribution < 1.29 is 19.2 Å². The monoisotopic (exact) mass is 343 g/mol. The molecule has 0 fully saturated rings. The maximum absolute atomic E-state index is 12.1. The molecule has 0 aromatic heterocycles. The summed E-state index contributed by atoms with van der Waals surface area (Å²) < 4.78 is 11.0. The number of likely N-dealkylation sites (N-methyl/N-ethyl adjacent to an activating group) is 1. The van der Waals surface area contributed by atoms with Gasteiger partial charge in [0.15, 0.2) is 6.54 Å². The van der Waals surface area contributed by atoms with Crippen molar-refractivity contribution in [1.29, 1.82) is 0 Å². The van der Waals surface area contributed by atoms with E-state index in [9.17, 15) is 4.79 Å². The predicted molar refractivity (Wildman–Crippen MR) is 99.7 cm³/mol. The summed E-state index contributed by atoms with van der Waals surface area (Å²) in [6, 6.07) is 13.5. The third-order valence-electron chi connectivity index (χ3n) is 3.81. The summed E-state index contributed by atoms with van der Waals surface area (Å²) in [5.41, 5.74) is 3.12. The van der Waals surface area contributed by atoms with Crippen molar-refractivity contribution in [2.45, 2.75) is 13.8 Å². The summed E-state index contributed by atoms with van der Waals surface area (Å²) in [7, 11) is 3.59. The summed E-state index contributed by atoms with van der Waals surface area (Å²) in [6.45, 7) is 5.81. The molecular weight excluding hydrogens is 316 g/mol. The molecular formula is C20H27N2O3+. The molecule has 2 N–H and O–H groups in total. The van der Waals surface area contributed by atoms with Gasteiger partial charge in [-0.25, -0.2) is 0 Å². The Morgan fingerprint density at radius 1 is 1.08 bits per heavy atom. The highest BCUT2D eigenvalue weighted by atomic mass is 16.5. The zero-order chi connectivity index (χ0) is 18.2. The van der Waals surface area contributed by atoms with Crippen molar-refractivity contribution in [1.82, 2.24) is 0 Å². The van der Waals surface area contributed by atoms with Gasteiger partial charge in [-0.15, -0.1) is 0 Å². The number of hydrogen-bond donors (Lipinski definition) is 2. The van der Waals surface area contributed by atoms with Gasteiger partial charge >= 0.3 is 0 Å². The summed E-state index contributed by atoms with van der Waals surface area (Å²) in [4.78, 5) is 13.2. The Morgan fingerprint density at radius 2 is 1.80 bits per heavy atom. The van der Waals surface area contributed by atoms with Gasteiger partial charge in [0.25, 0.3) is 5.91 Å².